The maximum atomic E-state index is 11.4. The Morgan fingerprint density at radius 1 is 1.31 bits per heavy atom. The summed E-state index contributed by atoms with van der Waals surface area (Å²) in [5.74, 6) is 0. The molecule has 4 nitrogen and oxygen atoms in total. The molecule has 0 aromatic heterocycles. The molecule has 1 unspecified atom stereocenters. The molecule has 0 saturated heterocycles. The van der Waals surface area contributed by atoms with Gasteiger partial charge >= 0.3 is 6.03 Å². The van der Waals surface area contributed by atoms with Crippen molar-refractivity contribution in [2.24, 2.45) is 0 Å². The third-order valence-corrected chi connectivity index (χ3v) is 2.04. The Morgan fingerprint density at radius 3 is 2.38 bits per heavy atom. The zero-order chi connectivity index (χ0) is 12.1. The molecule has 1 aromatic rings. The predicted octanol–water partition coefficient (Wildman–Crippen LogP) is 1.81. The fourth-order valence-electron chi connectivity index (χ4n) is 1.46. The Kier molecular flexibility index (Phi) is 4.31. The SMILES string of the molecule is Cc1cc(C)cc(NC(=O)NCC(C)O)c1. The number of aliphatic hydroxyl groups is 1. The van der Waals surface area contributed by atoms with Crippen molar-refractivity contribution in [3.8, 4) is 0 Å². The van der Waals surface area contributed by atoms with Gasteiger partial charge in [-0.1, -0.05) is 6.07 Å². The van der Waals surface area contributed by atoms with Crippen molar-refractivity contribution >= 4 is 11.7 Å². The Labute approximate surface area is 95.7 Å². The summed E-state index contributed by atoms with van der Waals surface area (Å²) in [5, 5.41) is 14.3. The van der Waals surface area contributed by atoms with Crippen molar-refractivity contribution in [3.63, 3.8) is 0 Å². The summed E-state index contributed by atoms with van der Waals surface area (Å²) in [6.07, 6.45) is -0.537. The van der Waals surface area contributed by atoms with Gasteiger partial charge in [-0.3, -0.25) is 0 Å². The van der Waals surface area contributed by atoms with Crippen LogP contribution in [-0.2, 0) is 0 Å². The number of nitrogens with one attached hydrogen (secondary N) is 2. The molecule has 4 heteroatoms. The molecule has 88 valence electrons. The van der Waals surface area contributed by atoms with E-state index in [1.54, 1.807) is 6.92 Å². The summed E-state index contributed by atoms with van der Waals surface area (Å²) in [5.41, 5.74) is 2.97. The Morgan fingerprint density at radius 2 is 1.88 bits per heavy atom. The van der Waals surface area contributed by atoms with Crippen LogP contribution in [-0.4, -0.2) is 23.8 Å². The molecular formula is C12H18N2O2. The number of hydrogen-bond acceptors (Lipinski definition) is 2. The van der Waals surface area contributed by atoms with E-state index in [4.69, 9.17) is 5.11 Å². The highest BCUT2D eigenvalue weighted by Crippen LogP contribution is 2.13. The number of anilines is 1. The van der Waals surface area contributed by atoms with Gasteiger partial charge in [0.15, 0.2) is 0 Å². The van der Waals surface area contributed by atoms with Crippen LogP contribution in [0.1, 0.15) is 18.1 Å². The third kappa shape index (κ3) is 4.31. The summed E-state index contributed by atoms with van der Waals surface area (Å²) in [6, 6.07) is 5.54. The van der Waals surface area contributed by atoms with Crippen LogP contribution in [0.4, 0.5) is 10.5 Å². The number of aryl methyl sites for hydroxylation is 2. The Hall–Kier alpha value is -1.55. The Balaban J connectivity index is 2.56. The Bertz CT molecular complexity index is 355. The summed E-state index contributed by atoms with van der Waals surface area (Å²) in [4.78, 5) is 11.4. The van der Waals surface area contributed by atoms with E-state index in [2.05, 4.69) is 10.6 Å². The molecule has 1 aromatic carbocycles. The number of rotatable bonds is 3. The second-order valence-corrected chi connectivity index (χ2v) is 4.06. The number of carbonyl (C=O) groups excluding carboxylic acids is 1. The fraction of sp³-hybridized carbons (Fsp3) is 0.417. The second kappa shape index (κ2) is 5.51. The lowest BCUT2D eigenvalue weighted by Crippen LogP contribution is -2.34. The van der Waals surface area contributed by atoms with E-state index >= 15 is 0 Å². The zero-order valence-corrected chi connectivity index (χ0v) is 9.87. The largest absolute Gasteiger partial charge is 0.392 e. The van der Waals surface area contributed by atoms with Gasteiger partial charge in [0.25, 0.3) is 0 Å². The molecule has 3 N–H and O–H groups in total. The molecule has 1 atom stereocenters. The molecule has 0 aliphatic heterocycles. The maximum Gasteiger partial charge on any atom is 0.319 e. The lowest BCUT2D eigenvalue weighted by Gasteiger charge is -2.10. The van der Waals surface area contributed by atoms with Gasteiger partial charge in [0.05, 0.1) is 6.10 Å². The third-order valence-electron chi connectivity index (χ3n) is 2.04. The number of carbonyl (C=O) groups is 1. The second-order valence-electron chi connectivity index (χ2n) is 4.06. The summed E-state index contributed by atoms with van der Waals surface area (Å²) < 4.78 is 0. The van der Waals surface area contributed by atoms with E-state index in [0.29, 0.717) is 0 Å². The van der Waals surface area contributed by atoms with Crippen LogP contribution in [0.3, 0.4) is 0 Å². The topological polar surface area (TPSA) is 61.4 Å². The normalized spacial score (nSPS) is 12.0. The molecular weight excluding hydrogens is 204 g/mol. The van der Waals surface area contributed by atoms with Crippen molar-refractivity contribution in [3.05, 3.63) is 29.3 Å². The minimum absolute atomic E-state index is 0.247. The van der Waals surface area contributed by atoms with Gasteiger partial charge in [-0.25, -0.2) is 4.79 Å². The minimum atomic E-state index is -0.537. The quantitative estimate of drug-likeness (QED) is 0.730. The van der Waals surface area contributed by atoms with Crippen LogP contribution in [0.2, 0.25) is 0 Å². The fourth-order valence-corrected chi connectivity index (χ4v) is 1.46. The molecule has 0 radical (unpaired) electrons. The number of hydrogen-bond donors (Lipinski definition) is 3. The molecule has 16 heavy (non-hydrogen) atoms. The van der Waals surface area contributed by atoms with Gasteiger partial charge in [0, 0.05) is 12.2 Å². The molecule has 0 bridgehead atoms. The molecule has 0 spiro atoms. The average Bonchev–Trinajstić information content (AvgIpc) is 2.12. The van der Waals surface area contributed by atoms with Gasteiger partial charge in [0.2, 0.25) is 0 Å². The standard InChI is InChI=1S/C12H18N2O2/c1-8-4-9(2)6-11(5-8)14-12(16)13-7-10(3)15/h4-6,10,15H,7H2,1-3H3,(H2,13,14,16). The highest BCUT2D eigenvalue weighted by Gasteiger charge is 2.03. The van der Waals surface area contributed by atoms with E-state index in [9.17, 15) is 4.79 Å². The number of benzene rings is 1. The molecule has 2 amide bonds. The van der Waals surface area contributed by atoms with E-state index < -0.39 is 6.10 Å². The van der Waals surface area contributed by atoms with Crippen LogP contribution in [0.25, 0.3) is 0 Å². The summed E-state index contributed by atoms with van der Waals surface area (Å²) in [6.45, 7) is 5.82. The summed E-state index contributed by atoms with van der Waals surface area (Å²) >= 11 is 0. The minimum Gasteiger partial charge on any atom is -0.392 e. The average molecular weight is 222 g/mol. The number of urea groups is 1. The molecule has 0 saturated carbocycles. The van der Waals surface area contributed by atoms with Crippen molar-refractivity contribution in [2.75, 3.05) is 11.9 Å². The van der Waals surface area contributed by atoms with E-state index in [0.717, 1.165) is 16.8 Å². The van der Waals surface area contributed by atoms with Gasteiger partial charge in [-0.05, 0) is 44.0 Å². The van der Waals surface area contributed by atoms with Crippen LogP contribution < -0.4 is 10.6 Å². The first-order chi connectivity index (χ1) is 7.47. The molecule has 0 aliphatic rings. The van der Waals surface area contributed by atoms with Crippen molar-refractivity contribution < 1.29 is 9.90 Å². The van der Waals surface area contributed by atoms with Crippen LogP contribution in [0.5, 0.6) is 0 Å². The molecule has 1 rings (SSSR count). The monoisotopic (exact) mass is 222 g/mol. The highest BCUT2D eigenvalue weighted by atomic mass is 16.3. The van der Waals surface area contributed by atoms with Crippen molar-refractivity contribution in [1.82, 2.24) is 5.32 Å². The first-order valence-corrected chi connectivity index (χ1v) is 5.28. The molecule has 0 heterocycles. The van der Waals surface area contributed by atoms with Crippen LogP contribution in [0, 0.1) is 13.8 Å². The van der Waals surface area contributed by atoms with E-state index in [1.807, 2.05) is 32.0 Å². The first kappa shape index (κ1) is 12.5. The van der Waals surface area contributed by atoms with Gasteiger partial charge in [0.1, 0.15) is 0 Å². The maximum absolute atomic E-state index is 11.4. The number of aliphatic hydroxyl groups excluding tert-OH is 1. The summed E-state index contributed by atoms with van der Waals surface area (Å²) in [7, 11) is 0. The van der Waals surface area contributed by atoms with E-state index in [1.165, 1.54) is 0 Å². The van der Waals surface area contributed by atoms with Crippen LogP contribution >= 0.6 is 0 Å². The molecule has 0 fully saturated rings. The predicted molar refractivity (Wildman–Crippen MR) is 64.6 cm³/mol. The number of amides is 2. The first-order valence-electron chi connectivity index (χ1n) is 5.28. The van der Waals surface area contributed by atoms with Crippen molar-refractivity contribution in [1.29, 1.82) is 0 Å². The smallest absolute Gasteiger partial charge is 0.319 e. The van der Waals surface area contributed by atoms with Crippen molar-refractivity contribution in [2.45, 2.75) is 26.9 Å². The van der Waals surface area contributed by atoms with Crippen LogP contribution in [0.15, 0.2) is 18.2 Å². The highest BCUT2D eigenvalue weighted by molar-refractivity contribution is 5.89. The molecule has 0 aliphatic carbocycles. The lowest BCUT2D eigenvalue weighted by atomic mass is 10.1. The van der Waals surface area contributed by atoms with Gasteiger partial charge in [-0.2, -0.15) is 0 Å². The van der Waals surface area contributed by atoms with E-state index in [-0.39, 0.29) is 12.6 Å². The van der Waals surface area contributed by atoms with Gasteiger partial charge in [-0.15, -0.1) is 0 Å². The zero-order valence-electron chi connectivity index (χ0n) is 9.87. The van der Waals surface area contributed by atoms with Gasteiger partial charge < -0.3 is 15.7 Å². The lowest BCUT2D eigenvalue weighted by molar-refractivity contribution is 0.190.